The highest BCUT2D eigenvalue weighted by Gasteiger charge is 2.37. The number of ether oxygens (including phenoxy) is 1. The highest BCUT2D eigenvalue weighted by Crippen LogP contribution is 2.37. The number of hydrogen-bond donors (Lipinski definition) is 1. The molecule has 2 heterocycles. The van der Waals surface area contributed by atoms with Crippen molar-refractivity contribution < 1.29 is 9.53 Å². The molecular formula is C17H24N2O2S. The average Bonchev–Trinajstić information content (AvgIpc) is 3.02. The first-order chi connectivity index (χ1) is 10.7. The monoisotopic (exact) mass is 320 g/mol. The molecule has 0 radical (unpaired) electrons. The van der Waals surface area contributed by atoms with Crippen molar-refractivity contribution in [1.82, 2.24) is 10.2 Å². The van der Waals surface area contributed by atoms with Gasteiger partial charge < -0.3 is 15.0 Å². The number of carbonyl (C=O) groups is 1. The summed E-state index contributed by atoms with van der Waals surface area (Å²) in [5.41, 5.74) is 0.472. The van der Waals surface area contributed by atoms with Gasteiger partial charge in [-0.05, 0) is 55.5 Å². The zero-order valence-electron chi connectivity index (χ0n) is 13.1. The molecule has 2 fully saturated rings. The summed E-state index contributed by atoms with van der Waals surface area (Å²) in [5, 5.41) is 3.47. The van der Waals surface area contributed by atoms with Crippen LogP contribution in [0.25, 0.3) is 0 Å². The average molecular weight is 320 g/mol. The predicted molar refractivity (Wildman–Crippen MR) is 89.5 cm³/mol. The zero-order chi connectivity index (χ0) is 15.4. The molecule has 1 amide bonds. The molecule has 0 aliphatic carbocycles. The van der Waals surface area contributed by atoms with Crippen molar-refractivity contribution in [2.75, 3.05) is 39.0 Å². The van der Waals surface area contributed by atoms with Crippen LogP contribution in [0.5, 0.6) is 5.75 Å². The molecule has 0 saturated carbocycles. The minimum absolute atomic E-state index is 0.265. The van der Waals surface area contributed by atoms with Crippen LogP contribution in [-0.2, 0) is 4.79 Å². The smallest absolute Gasteiger partial charge is 0.232 e. The van der Waals surface area contributed by atoms with Gasteiger partial charge in [0.15, 0.2) is 0 Å². The number of carbonyl (C=O) groups excluding carboxylic acids is 1. The molecule has 0 bridgehead atoms. The summed E-state index contributed by atoms with van der Waals surface area (Å²) in [6, 6.07) is 7.88. The van der Waals surface area contributed by atoms with Crippen LogP contribution in [0.3, 0.4) is 0 Å². The van der Waals surface area contributed by atoms with E-state index in [-0.39, 0.29) is 5.91 Å². The lowest BCUT2D eigenvalue weighted by atomic mass is 9.78. The van der Waals surface area contributed by atoms with Crippen molar-refractivity contribution in [3.63, 3.8) is 0 Å². The van der Waals surface area contributed by atoms with Crippen molar-refractivity contribution in [3.05, 3.63) is 24.3 Å². The largest absolute Gasteiger partial charge is 0.497 e. The molecule has 2 aliphatic rings. The lowest BCUT2D eigenvalue weighted by Crippen LogP contribution is -2.44. The molecule has 0 unspecified atom stereocenters. The van der Waals surface area contributed by atoms with Gasteiger partial charge in [0, 0.05) is 24.5 Å². The van der Waals surface area contributed by atoms with E-state index in [0.717, 1.165) is 49.7 Å². The second-order valence-electron chi connectivity index (χ2n) is 6.27. The Hall–Kier alpha value is -1.20. The van der Waals surface area contributed by atoms with Gasteiger partial charge in [-0.2, -0.15) is 0 Å². The molecule has 5 heteroatoms. The molecule has 1 aromatic carbocycles. The summed E-state index contributed by atoms with van der Waals surface area (Å²) >= 11 is 1.61. The van der Waals surface area contributed by atoms with Gasteiger partial charge in [0.2, 0.25) is 5.91 Å². The van der Waals surface area contributed by atoms with E-state index in [9.17, 15) is 4.79 Å². The van der Waals surface area contributed by atoms with Gasteiger partial charge in [-0.25, -0.2) is 0 Å². The number of hydrogen-bond acceptors (Lipinski definition) is 4. The molecule has 3 rings (SSSR count). The molecular weight excluding hydrogens is 296 g/mol. The Labute approximate surface area is 136 Å². The lowest BCUT2D eigenvalue weighted by molar-refractivity contribution is -0.130. The molecule has 22 heavy (non-hydrogen) atoms. The van der Waals surface area contributed by atoms with Crippen LogP contribution in [-0.4, -0.2) is 49.8 Å². The second kappa shape index (κ2) is 6.92. The van der Waals surface area contributed by atoms with Crippen LogP contribution in [0.15, 0.2) is 29.2 Å². The molecule has 1 aromatic rings. The predicted octanol–water partition coefficient (Wildman–Crippen LogP) is 2.39. The highest BCUT2D eigenvalue weighted by molar-refractivity contribution is 8.00. The first kappa shape index (κ1) is 15.7. The number of nitrogens with one attached hydrogen (secondary N) is 1. The number of piperidine rings is 1. The molecule has 1 N–H and O–H groups in total. The van der Waals surface area contributed by atoms with Gasteiger partial charge in [-0.1, -0.05) is 0 Å². The van der Waals surface area contributed by atoms with Crippen LogP contribution < -0.4 is 10.1 Å². The third-order valence-corrected chi connectivity index (χ3v) is 5.93. The first-order valence-corrected chi connectivity index (χ1v) is 8.95. The Balaban J connectivity index is 1.46. The Morgan fingerprint density at radius 1 is 1.27 bits per heavy atom. The Morgan fingerprint density at radius 2 is 2.00 bits per heavy atom. The van der Waals surface area contributed by atoms with Gasteiger partial charge in [0.1, 0.15) is 5.75 Å². The quantitative estimate of drug-likeness (QED) is 0.865. The molecule has 120 valence electrons. The summed E-state index contributed by atoms with van der Waals surface area (Å²) in [4.78, 5) is 15.5. The lowest BCUT2D eigenvalue weighted by Gasteiger charge is -2.38. The van der Waals surface area contributed by atoms with Crippen molar-refractivity contribution >= 4 is 17.7 Å². The maximum absolute atomic E-state index is 12.4. The number of nitrogens with zero attached hydrogens (tertiary/aromatic N) is 1. The fourth-order valence-electron chi connectivity index (χ4n) is 3.36. The number of amides is 1. The standard InChI is InChI=1S/C17H24N2O2S/c1-21-14-2-4-15(5-3-14)22-12-16(20)19-10-7-17(8-11-19)6-9-18-13-17/h2-5,18H,6-13H2,1H3. The van der Waals surface area contributed by atoms with Crippen molar-refractivity contribution in [2.45, 2.75) is 24.2 Å². The van der Waals surface area contributed by atoms with Gasteiger partial charge in [-0.15, -0.1) is 11.8 Å². The summed E-state index contributed by atoms with van der Waals surface area (Å²) in [6.07, 6.45) is 3.58. The Bertz CT molecular complexity index is 502. The third kappa shape index (κ3) is 3.58. The second-order valence-corrected chi connectivity index (χ2v) is 7.32. The van der Waals surface area contributed by atoms with Crippen LogP contribution in [0.4, 0.5) is 0 Å². The first-order valence-electron chi connectivity index (χ1n) is 7.96. The third-order valence-electron chi connectivity index (χ3n) is 4.93. The summed E-state index contributed by atoms with van der Waals surface area (Å²) in [6.45, 7) is 4.12. The van der Waals surface area contributed by atoms with E-state index in [2.05, 4.69) is 5.32 Å². The summed E-state index contributed by atoms with van der Waals surface area (Å²) in [5.74, 6) is 1.64. The maximum Gasteiger partial charge on any atom is 0.232 e. The van der Waals surface area contributed by atoms with Gasteiger partial charge in [0.25, 0.3) is 0 Å². The number of thioether (sulfide) groups is 1. The molecule has 0 aromatic heterocycles. The van der Waals surface area contributed by atoms with E-state index in [1.54, 1.807) is 18.9 Å². The fourth-order valence-corrected chi connectivity index (χ4v) is 4.16. The van der Waals surface area contributed by atoms with Gasteiger partial charge >= 0.3 is 0 Å². The van der Waals surface area contributed by atoms with E-state index in [0.29, 0.717) is 11.2 Å². The van der Waals surface area contributed by atoms with Crippen LogP contribution in [0.2, 0.25) is 0 Å². The van der Waals surface area contributed by atoms with Crippen molar-refractivity contribution in [1.29, 1.82) is 0 Å². The Kier molecular flexibility index (Phi) is 4.93. The number of methoxy groups -OCH3 is 1. The van der Waals surface area contributed by atoms with E-state index < -0.39 is 0 Å². The van der Waals surface area contributed by atoms with Crippen LogP contribution in [0.1, 0.15) is 19.3 Å². The van der Waals surface area contributed by atoms with Gasteiger partial charge in [-0.3, -0.25) is 4.79 Å². The number of rotatable bonds is 4. The number of benzene rings is 1. The minimum atomic E-state index is 0.265. The molecule has 4 nitrogen and oxygen atoms in total. The van der Waals surface area contributed by atoms with Crippen molar-refractivity contribution in [3.8, 4) is 5.75 Å². The van der Waals surface area contributed by atoms with Crippen LogP contribution in [0, 0.1) is 5.41 Å². The maximum atomic E-state index is 12.4. The minimum Gasteiger partial charge on any atom is -0.497 e. The van der Waals surface area contributed by atoms with Gasteiger partial charge in [0.05, 0.1) is 12.9 Å². The highest BCUT2D eigenvalue weighted by atomic mass is 32.2. The fraction of sp³-hybridized carbons (Fsp3) is 0.588. The molecule has 0 atom stereocenters. The molecule has 2 aliphatic heterocycles. The topological polar surface area (TPSA) is 41.6 Å². The summed E-state index contributed by atoms with van der Waals surface area (Å²) in [7, 11) is 1.66. The SMILES string of the molecule is COc1ccc(SCC(=O)N2CCC3(CCNC3)CC2)cc1. The zero-order valence-corrected chi connectivity index (χ0v) is 14.0. The van der Waals surface area contributed by atoms with Crippen LogP contribution >= 0.6 is 11.8 Å². The molecule has 2 saturated heterocycles. The van der Waals surface area contributed by atoms with E-state index in [1.807, 2.05) is 29.2 Å². The normalized spacial score (nSPS) is 20.3. The van der Waals surface area contributed by atoms with E-state index >= 15 is 0 Å². The number of likely N-dealkylation sites (tertiary alicyclic amines) is 1. The van der Waals surface area contributed by atoms with E-state index in [4.69, 9.17) is 4.74 Å². The van der Waals surface area contributed by atoms with Crippen molar-refractivity contribution in [2.24, 2.45) is 5.41 Å². The summed E-state index contributed by atoms with van der Waals surface area (Å²) < 4.78 is 5.15. The van der Waals surface area contributed by atoms with E-state index in [1.165, 1.54) is 6.42 Å². The Morgan fingerprint density at radius 3 is 2.59 bits per heavy atom. The molecule has 1 spiro atoms.